The zero-order valence-electron chi connectivity index (χ0n) is 12.3. The summed E-state index contributed by atoms with van der Waals surface area (Å²) < 4.78 is 21.5. The highest BCUT2D eigenvalue weighted by molar-refractivity contribution is 5.77. The third-order valence-corrected chi connectivity index (χ3v) is 3.32. The van der Waals surface area contributed by atoms with Gasteiger partial charge in [0, 0.05) is 5.56 Å². The van der Waals surface area contributed by atoms with Gasteiger partial charge in [0.1, 0.15) is 17.8 Å². The van der Waals surface area contributed by atoms with Crippen molar-refractivity contribution >= 4 is 5.97 Å². The van der Waals surface area contributed by atoms with Crippen LogP contribution in [-0.4, -0.2) is 32.9 Å². The number of rotatable bonds is 5. The second kappa shape index (κ2) is 6.74. The maximum absolute atomic E-state index is 12.0. The van der Waals surface area contributed by atoms with Crippen molar-refractivity contribution in [2.75, 3.05) is 26.9 Å². The Kier molecular flexibility index (Phi) is 4.98. The molecule has 1 aromatic carbocycles. The zero-order chi connectivity index (χ0) is 15.3. The van der Waals surface area contributed by atoms with E-state index in [9.17, 15) is 4.79 Å². The topological polar surface area (TPSA) is 54.0 Å². The number of carbonyl (C=O) groups excluding carboxylic acids is 1. The Morgan fingerprint density at radius 2 is 2.00 bits per heavy atom. The monoisotopic (exact) mass is 292 g/mol. The van der Waals surface area contributed by atoms with Gasteiger partial charge in [-0.25, -0.2) is 0 Å². The highest BCUT2D eigenvalue weighted by Crippen LogP contribution is 2.33. The standard InChI is InChI=1S/C16H20O5/c1-4-9-19-15(17)16(2)10-20-14(21-11-16)12-5-7-13(18-3)8-6-12/h4-8,14H,1,9-11H2,2-3H3. The summed E-state index contributed by atoms with van der Waals surface area (Å²) in [6, 6.07) is 7.44. The van der Waals surface area contributed by atoms with Crippen LogP contribution in [0.2, 0.25) is 0 Å². The van der Waals surface area contributed by atoms with Crippen LogP contribution in [0.3, 0.4) is 0 Å². The van der Waals surface area contributed by atoms with Crippen molar-refractivity contribution in [2.45, 2.75) is 13.2 Å². The molecule has 0 N–H and O–H groups in total. The Bertz CT molecular complexity index is 486. The first-order chi connectivity index (χ1) is 10.1. The molecule has 0 amide bonds. The van der Waals surface area contributed by atoms with E-state index in [1.165, 1.54) is 6.08 Å². The van der Waals surface area contributed by atoms with Crippen molar-refractivity contribution < 1.29 is 23.7 Å². The van der Waals surface area contributed by atoms with Gasteiger partial charge in [0.2, 0.25) is 0 Å². The Labute approximate surface area is 124 Å². The second-order valence-electron chi connectivity index (χ2n) is 5.17. The Balaban J connectivity index is 1.95. The van der Waals surface area contributed by atoms with Gasteiger partial charge in [0.15, 0.2) is 6.29 Å². The van der Waals surface area contributed by atoms with Crippen molar-refractivity contribution in [1.29, 1.82) is 0 Å². The molecule has 0 aliphatic carbocycles. The maximum Gasteiger partial charge on any atom is 0.316 e. The molecule has 5 nitrogen and oxygen atoms in total. The lowest BCUT2D eigenvalue weighted by atomic mass is 9.92. The number of methoxy groups -OCH3 is 1. The van der Waals surface area contributed by atoms with Crippen molar-refractivity contribution in [3.8, 4) is 5.75 Å². The summed E-state index contributed by atoms with van der Waals surface area (Å²) in [5.74, 6) is 0.433. The van der Waals surface area contributed by atoms with Crippen molar-refractivity contribution in [3.05, 3.63) is 42.5 Å². The SMILES string of the molecule is C=CCOC(=O)C1(C)COC(c2ccc(OC)cc2)OC1. The molecule has 0 saturated carbocycles. The van der Waals surface area contributed by atoms with Gasteiger partial charge in [-0.1, -0.05) is 24.8 Å². The van der Waals surface area contributed by atoms with Crippen LogP contribution in [0.5, 0.6) is 5.75 Å². The van der Waals surface area contributed by atoms with Gasteiger partial charge in [-0.3, -0.25) is 4.79 Å². The van der Waals surface area contributed by atoms with E-state index >= 15 is 0 Å². The molecule has 1 saturated heterocycles. The summed E-state index contributed by atoms with van der Waals surface area (Å²) in [6.45, 7) is 5.97. The van der Waals surface area contributed by atoms with E-state index in [1.807, 2.05) is 24.3 Å². The Hall–Kier alpha value is -1.85. The molecule has 0 bridgehead atoms. The van der Waals surface area contributed by atoms with Crippen LogP contribution in [0.15, 0.2) is 36.9 Å². The third-order valence-electron chi connectivity index (χ3n) is 3.32. The van der Waals surface area contributed by atoms with Crippen molar-refractivity contribution in [1.82, 2.24) is 0 Å². The number of hydrogen-bond donors (Lipinski definition) is 0. The molecular weight excluding hydrogens is 272 g/mol. The van der Waals surface area contributed by atoms with Crippen LogP contribution in [0.25, 0.3) is 0 Å². The van der Waals surface area contributed by atoms with Gasteiger partial charge >= 0.3 is 5.97 Å². The van der Waals surface area contributed by atoms with E-state index in [-0.39, 0.29) is 25.8 Å². The van der Waals surface area contributed by atoms with E-state index in [0.717, 1.165) is 11.3 Å². The average Bonchev–Trinajstić information content (AvgIpc) is 2.53. The third kappa shape index (κ3) is 3.62. The lowest BCUT2D eigenvalue weighted by Crippen LogP contribution is -2.43. The summed E-state index contributed by atoms with van der Waals surface area (Å²) >= 11 is 0. The van der Waals surface area contributed by atoms with Gasteiger partial charge < -0.3 is 18.9 Å². The van der Waals surface area contributed by atoms with Gasteiger partial charge in [0.05, 0.1) is 20.3 Å². The van der Waals surface area contributed by atoms with Gasteiger partial charge in [-0.2, -0.15) is 0 Å². The van der Waals surface area contributed by atoms with Crippen LogP contribution in [0.4, 0.5) is 0 Å². The van der Waals surface area contributed by atoms with Crippen LogP contribution in [0, 0.1) is 5.41 Å². The van der Waals surface area contributed by atoms with E-state index in [0.29, 0.717) is 0 Å². The number of esters is 1. The number of hydrogen-bond acceptors (Lipinski definition) is 5. The van der Waals surface area contributed by atoms with E-state index in [2.05, 4.69) is 6.58 Å². The lowest BCUT2D eigenvalue weighted by Gasteiger charge is -2.35. The predicted octanol–water partition coefficient (Wildman–Crippen LogP) is 2.48. The second-order valence-corrected chi connectivity index (χ2v) is 5.17. The largest absolute Gasteiger partial charge is 0.497 e. The molecule has 21 heavy (non-hydrogen) atoms. The van der Waals surface area contributed by atoms with E-state index in [1.54, 1.807) is 14.0 Å². The molecule has 0 radical (unpaired) electrons. The Morgan fingerprint density at radius 3 is 2.52 bits per heavy atom. The average molecular weight is 292 g/mol. The molecule has 5 heteroatoms. The molecule has 1 aliphatic heterocycles. The van der Waals surface area contributed by atoms with E-state index in [4.69, 9.17) is 18.9 Å². The van der Waals surface area contributed by atoms with Gasteiger partial charge in [-0.05, 0) is 19.1 Å². The molecule has 0 atom stereocenters. The fraction of sp³-hybridized carbons (Fsp3) is 0.438. The zero-order valence-corrected chi connectivity index (χ0v) is 12.3. The van der Waals surface area contributed by atoms with Crippen molar-refractivity contribution in [2.24, 2.45) is 5.41 Å². The quantitative estimate of drug-likeness (QED) is 0.616. The number of ether oxygens (including phenoxy) is 4. The molecule has 1 aromatic rings. The molecule has 1 aliphatic rings. The molecule has 0 spiro atoms. The minimum atomic E-state index is -0.786. The van der Waals surface area contributed by atoms with Crippen LogP contribution >= 0.6 is 0 Å². The lowest BCUT2D eigenvalue weighted by molar-refractivity contribution is -0.235. The summed E-state index contributed by atoms with van der Waals surface area (Å²) in [5, 5.41) is 0. The fourth-order valence-electron chi connectivity index (χ4n) is 1.99. The summed E-state index contributed by atoms with van der Waals surface area (Å²) in [7, 11) is 1.61. The number of benzene rings is 1. The first-order valence-corrected chi connectivity index (χ1v) is 6.74. The van der Waals surface area contributed by atoms with Crippen LogP contribution < -0.4 is 4.74 Å². The minimum absolute atomic E-state index is 0.191. The minimum Gasteiger partial charge on any atom is -0.497 e. The smallest absolute Gasteiger partial charge is 0.316 e. The molecule has 2 rings (SSSR count). The molecule has 114 valence electrons. The van der Waals surface area contributed by atoms with Crippen LogP contribution in [0.1, 0.15) is 18.8 Å². The summed E-state index contributed by atoms with van der Waals surface area (Å²) in [5.41, 5.74) is 0.101. The predicted molar refractivity (Wildman–Crippen MR) is 76.9 cm³/mol. The van der Waals surface area contributed by atoms with E-state index < -0.39 is 11.7 Å². The normalized spacial score (nSPS) is 25.1. The molecule has 0 unspecified atom stereocenters. The first kappa shape index (κ1) is 15.5. The summed E-state index contributed by atoms with van der Waals surface area (Å²) in [4.78, 5) is 12.0. The summed E-state index contributed by atoms with van der Waals surface area (Å²) in [6.07, 6.45) is 1.06. The Morgan fingerprint density at radius 1 is 1.38 bits per heavy atom. The maximum atomic E-state index is 12.0. The fourth-order valence-corrected chi connectivity index (χ4v) is 1.99. The highest BCUT2D eigenvalue weighted by atomic mass is 16.7. The molecule has 1 heterocycles. The molecular formula is C16H20O5. The van der Waals surface area contributed by atoms with Gasteiger partial charge in [0.25, 0.3) is 0 Å². The molecule has 1 fully saturated rings. The first-order valence-electron chi connectivity index (χ1n) is 6.74. The highest BCUT2D eigenvalue weighted by Gasteiger charge is 2.41. The van der Waals surface area contributed by atoms with Crippen LogP contribution in [-0.2, 0) is 19.0 Å². The number of carbonyl (C=O) groups is 1. The van der Waals surface area contributed by atoms with Crippen molar-refractivity contribution in [3.63, 3.8) is 0 Å². The molecule has 0 aromatic heterocycles. The van der Waals surface area contributed by atoms with Gasteiger partial charge in [-0.15, -0.1) is 0 Å².